The Labute approximate surface area is 168 Å². The SMILES string of the molecule is Cc1cc(C=C(C#N)c2nc3ccccc3[nH]2)c(C)n1-c1ccc(F)cc1.Cl. The van der Waals surface area contributed by atoms with Gasteiger partial charge in [0.2, 0.25) is 0 Å². The molecule has 0 fully saturated rings. The highest BCUT2D eigenvalue weighted by Crippen LogP contribution is 2.25. The van der Waals surface area contributed by atoms with Gasteiger partial charge in [-0.2, -0.15) is 5.26 Å². The van der Waals surface area contributed by atoms with Gasteiger partial charge in [-0.05, 0) is 68.0 Å². The van der Waals surface area contributed by atoms with Gasteiger partial charge < -0.3 is 9.55 Å². The average molecular weight is 393 g/mol. The fraction of sp³-hybridized carbons (Fsp3) is 0.0909. The second-order valence-corrected chi connectivity index (χ2v) is 6.41. The summed E-state index contributed by atoms with van der Waals surface area (Å²) in [4.78, 5) is 7.71. The van der Waals surface area contributed by atoms with E-state index in [4.69, 9.17) is 0 Å². The van der Waals surface area contributed by atoms with Crippen LogP contribution < -0.4 is 0 Å². The Bertz CT molecular complexity index is 1180. The minimum atomic E-state index is -0.266. The van der Waals surface area contributed by atoms with Gasteiger partial charge in [0.05, 0.1) is 16.6 Å². The first kappa shape index (κ1) is 19.4. The number of fused-ring (bicyclic) bond motifs is 1. The van der Waals surface area contributed by atoms with Crippen molar-refractivity contribution in [1.82, 2.24) is 14.5 Å². The molecular formula is C22H18ClFN4. The predicted molar refractivity (Wildman–Crippen MR) is 112 cm³/mol. The lowest BCUT2D eigenvalue weighted by Gasteiger charge is -2.09. The van der Waals surface area contributed by atoms with Gasteiger partial charge in [0, 0.05) is 17.1 Å². The molecule has 0 unspecified atom stereocenters. The molecule has 0 spiro atoms. The Balaban J connectivity index is 0.00000225. The number of hydrogen-bond acceptors (Lipinski definition) is 2. The standard InChI is InChI=1S/C22H17FN4.ClH/c1-14-11-16(15(2)27(14)19-9-7-18(23)8-10-19)12-17(13-24)22-25-20-5-3-4-6-21(20)26-22;/h3-12H,1-2H3,(H,25,26);1H. The summed E-state index contributed by atoms with van der Waals surface area (Å²) in [6.07, 6.45) is 1.83. The van der Waals surface area contributed by atoms with Gasteiger partial charge >= 0.3 is 0 Å². The fourth-order valence-electron chi connectivity index (χ4n) is 3.31. The summed E-state index contributed by atoms with van der Waals surface area (Å²) in [5, 5.41) is 9.65. The van der Waals surface area contributed by atoms with Gasteiger partial charge in [0.15, 0.2) is 0 Å². The highest BCUT2D eigenvalue weighted by molar-refractivity contribution is 5.90. The monoisotopic (exact) mass is 392 g/mol. The van der Waals surface area contributed by atoms with E-state index in [1.165, 1.54) is 12.1 Å². The van der Waals surface area contributed by atoms with Crippen molar-refractivity contribution < 1.29 is 4.39 Å². The van der Waals surface area contributed by atoms with Crippen LogP contribution in [0.5, 0.6) is 0 Å². The molecule has 0 saturated carbocycles. The Hall–Kier alpha value is -3.36. The first-order valence-corrected chi connectivity index (χ1v) is 8.58. The molecule has 2 heterocycles. The van der Waals surface area contributed by atoms with Crippen LogP contribution in [-0.2, 0) is 0 Å². The van der Waals surface area contributed by atoms with Crippen molar-refractivity contribution in [2.45, 2.75) is 13.8 Å². The summed E-state index contributed by atoms with van der Waals surface area (Å²) in [7, 11) is 0. The quantitative estimate of drug-likeness (QED) is 0.461. The third kappa shape index (κ3) is 3.42. The van der Waals surface area contributed by atoms with Crippen molar-refractivity contribution in [3.63, 3.8) is 0 Å². The number of halogens is 2. The lowest BCUT2D eigenvalue weighted by molar-refractivity contribution is 0.627. The molecule has 4 nitrogen and oxygen atoms in total. The van der Waals surface area contributed by atoms with E-state index >= 15 is 0 Å². The maximum Gasteiger partial charge on any atom is 0.149 e. The van der Waals surface area contributed by atoms with Crippen LogP contribution in [-0.4, -0.2) is 14.5 Å². The van der Waals surface area contributed by atoms with Crippen molar-refractivity contribution in [2.24, 2.45) is 0 Å². The molecule has 4 aromatic rings. The molecule has 0 bridgehead atoms. The molecule has 140 valence electrons. The Morgan fingerprint density at radius 3 is 2.54 bits per heavy atom. The van der Waals surface area contributed by atoms with Crippen LogP contribution in [0, 0.1) is 31.0 Å². The zero-order valence-electron chi connectivity index (χ0n) is 15.4. The number of allylic oxidation sites excluding steroid dienone is 1. The van der Waals surface area contributed by atoms with Gasteiger partial charge in [0.1, 0.15) is 17.7 Å². The summed E-state index contributed by atoms with van der Waals surface area (Å²) in [6.45, 7) is 3.97. The third-order valence-corrected chi connectivity index (χ3v) is 4.62. The van der Waals surface area contributed by atoms with Crippen LogP contribution in [0.1, 0.15) is 22.8 Å². The third-order valence-electron chi connectivity index (χ3n) is 4.62. The summed E-state index contributed by atoms with van der Waals surface area (Å²) < 4.78 is 15.3. The van der Waals surface area contributed by atoms with Crippen molar-refractivity contribution in [3.8, 4) is 11.8 Å². The van der Waals surface area contributed by atoms with E-state index in [-0.39, 0.29) is 18.2 Å². The zero-order valence-corrected chi connectivity index (χ0v) is 16.2. The minimum absolute atomic E-state index is 0. The number of aromatic nitrogens is 3. The maximum atomic E-state index is 13.2. The molecule has 2 aromatic carbocycles. The van der Waals surface area contributed by atoms with Gasteiger partial charge in [0.25, 0.3) is 0 Å². The largest absolute Gasteiger partial charge is 0.337 e. The topological polar surface area (TPSA) is 57.4 Å². The number of nitrogens with zero attached hydrogens (tertiary/aromatic N) is 3. The number of H-pyrrole nitrogens is 1. The Morgan fingerprint density at radius 2 is 1.86 bits per heavy atom. The number of aryl methyl sites for hydroxylation is 1. The number of benzene rings is 2. The second kappa shape index (κ2) is 7.71. The molecule has 0 aliphatic heterocycles. The van der Waals surface area contributed by atoms with Crippen molar-refractivity contribution in [1.29, 1.82) is 5.26 Å². The highest BCUT2D eigenvalue weighted by Gasteiger charge is 2.13. The normalized spacial score (nSPS) is 11.3. The summed E-state index contributed by atoms with van der Waals surface area (Å²) in [6, 6.07) is 18.3. The second-order valence-electron chi connectivity index (χ2n) is 6.41. The first-order chi connectivity index (χ1) is 13.1. The fourth-order valence-corrected chi connectivity index (χ4v) is 3.31. The highest BCUT2D eigenvalue weighted by atomic mass is 35.5. The zero-order chi connectivity index (χ0) is 19.0. The Kier molecular flexibility index (Phi) is 5.34. The van der Waals surface area contributed by atoms with E-state index in [2.05, 4.69) is 16.0 Å². The van der Waals surface area contributed by atoms with E-state index in [1.54, 1.807) is 12.1 Å². The molecule has 28 heavy (non-hydrogen) atoms. The van der Waals surface area contributed by atoms with Crippen molar-refractivity contribution in [3.05, 3.63) is 83.2 Å². The van der Waals surface area contributed by atoms with Crippen LogP contribution in [0.15, 0.2) is 54.6 Å². The minimum Gasteiger partial charge on any atom is -0.337 e. The number of nitriles is 1. The molecule has 2 aromatic heterocycles. The number of rotatable bonds is 3. The molecule has 0 amide bonds. The van der Waals surface area contributed by atoms with Gasteiger partial charge in [-0.15, -0.1) is 12.4 Å². The van der Waals surface area contributed by atoms with Crippen LogP contribution in [0.3, 0.4) is 0 Å². The smallest absolute Gasteiger partial charge is 0.149 e. The summed E-state index contributed by atoms with van der Waals surface area (Å²) >= 11 is 0. The van der Waals surface area contributed by atoms with E-state index in [0.29, 0.717) is 11.4 Å². The van der Waals surface area contributed by atoms with Crippen LogP contribution in [0.4, 0.5) is 4.39 Å². The van der Waals surface area contributed by atoms with E-state index in [9.17, 15) is 9.65 Å². The molecule has 0 atom stereocenters. The van der Waals surface area contributed by atoms with E-state index in [0.717, 1.165) is 33.7 Å². The molecule has 0 radical (unpaired) electrons. The number of imidazole rings is 1. The van der Waals surface area contributed by atoms with E-state index in [1.807, 2.05) is 54.8 Å². The van der Waals surface area contributed by atoms with Gasteiger partial charge in [-0.25, -0.2) is 9.37 Å². The average Bonchev–Trinajstić information content (AvgIpc) is 3.21. The van der Waals surface area contributed by atoms with E-state index < -0.39 is 0 Å². The van der Waals surface area contributed by atoms with Crippen LogP contribution in [0.2, 0.25) is 0 Å². The lowest BCUT2D eigenvalue weighted by atomic mass is 10.1. The van der Waals surface area contributed by atoms with Crippen LogP contribution in [0.25, 0.3) is 28.4 Å². The molecule has 1 N–H and O–H groups in total. The molecule has 0 saturated heterocycles. The predicted octanol–water partition coefficient (Wildman–Crippen LogP) is 5.60. The summed E-state index contributed by atoms with van der Waals surface area (Å²) in [5.41, 5.74) is 5.97. The number of para-hydroxylation sites is 2. The van der Waals surface area contributed by atoms with Crippen LogP contribution >= 0.6 is 12.4 Å². The molecular weight excluding hydrogens is 375 g/mol. The molecule has 6 heteroatoms. The van der Waals surface area contributed by atoms with Gasteiger partial charge in [-0.1, -0.05) is 12.1 Å². The molecule has 0 aliphatic rings. The number of nitrogens with one attached hydrogen (secondary N) is 1. The van der Waals surface area contributed by atoms with Gasteiger partial charge in [-0.3, -0.25) is 0 Å². The first-order valence-electron chi connectivity index (χ1n) is 8.58. The Morgan fingerprint density at radius 1 is 1.14 bits per heavy atom. The van der Waals surface area contributed by atoms with Crippen molar-refractivity contribution in [2.75, 3.05) is 0 Å². The van der Waals surface area contributed by atoms with Crippen molar-refractivity contribution >= 4 is 35.1 Å². The summed E-state index contributed by atoms with van der Waals surface area (Å²) in [5.74, 6) is 0.281. The lowest BCUT2D eigenvalue weighted by Crippen LogP contribution is -1.99. The molecule has 0 aliphatic carbocycles. The number of hydrogen-bond donors (Lipinski definition) is 1. The molecule has 4 rings (SSSR count). The number of aromatic amines is 1. The maximum absolute atomic E-state index is 13.2.